The van der Waals surface area contributed by atoms with Crippen LogP contribution in [0, 0.1) is 11.8 Å². The van der Waals surface area contributed by atoms with Crippen molar-refractivity contribution in [1.29, 1.82) is 0 Å². The van der Waals surface area contributed by atoms with E-state index in [0.717, 1.165) is 75.2 Å². The zero-order chi connectivity index (χ0) is 59.4. The number of hydrogen-bond acceptors (Lipinski definition) is 4. The minimum atomic E-state index is 0.139. The average molecular weight is 1310 g/mol. The molecule has 2 unspecified atom stereocenters. The molecule has 4 heterocycles. The summed E-state index contributed by atoms with van der Waals surface area (Å²) >= 11 is 11.0. The Labute approximate surface area is 538 Å². The molecule has 2 atom stereocenters. The number of carbonyl (C=O) groups is 2. The van der Waals surface area contributed by atoms with E-state index in [9.17, 15) is 9.59 Å². The Kier molecular flexibility index (Phi) is 35.0. The maximum Gasteiger partial charge on any atom is 0.259 e. The number of thiophene rings is 2. The van der Waals surface area contributed by atoms with E-state index in [1.165, 1.54) is 257 Å². The van der Waals surface area contributed by atoms with Gasteiger partial charge in [-0.15, -0.1) is 22.7 Å². The SMILES string of the molecule is CCCCCCCCCCCCC(CCCCCCCCCC)CN1C(=O)/C(=C\c2ccc(/C=C/c3ccc(/C=C4\C(=O)N(CC(CCCCCCCCCC)CCCCCCCCCCCC)c5cc(Br)ccc54)s3)s2)c2ccc(Br)cc21. The first-order valence-electron chi connectivity index (χ1n) is 34.8. The highest BCUT2D eigenvalue weighted by Crippen LogP contribution is 2.43. The van der Waals surface area contributed by atoms with E-state index >= 15 is 0 Å². The molecule has 0 spiro atoms. The lowest BCUT2D eigenvalue weighted by atomic mass is 9.93. The van der Waals surface area contributed by atoms with E-state index in [-0.39, 0.29) is 11.8 Å². The Morgan fingerprint density at radius 1 is 0.357 bits per heavy atom. The third-order valence-electron chi connectivity index (χ3n) is 18.1. The minimum absolute atomic E-state index is 0.139. The van der Waals surface area contributed by atoms with Crippen LogP contribution in [0.25, 0.3) is 35.5 Å². The highest BCUT2D eigenvalue weighted by Gasteiger charge is 2.35. The quantitative estimate of drug-likeness (QED) is 0.0327. The molecule has 0 saturated heterocycles. The van der Waals surface area contributed by atoms with Crippen molar-refractivity contribution >= 4 is 113 Å². The Morgan fingerprint density at radius 2 is 0.619 bits per heavy atom. The molecule has 2 aromatic carbocycles. The van der Waals surface area contributed by atoms with Gasteiger partial charge in [-0.2, -0.15) is 0 Å². The van der Waals surface area contributed by atoms with Gasteiger partial charge in [-0.1, -0.05) is 303 Å². The third-order valence-corrected chi connectivity index (χ3v) is 21.0. The van der Waals surface area contributed by atoms with Crippen LogP contribution in [0.5, 0.6) is 0 Å². The monoisotopic (exact) mass is 1310 g/mol. The molecule has 0 fully saturated rings. The lowest BCUT2D eigenvalue weighted by molar-refractivity contribution is -0.113. The highest BCUT2D eigenvalue weighted by molar-refractivity contribution is 9.10. The second kappa shape index (κ2) is 42.0. The minimum Gasteiger partial charge on any atom is -0.307 e. The van der Waals surface area contributed by atoms with E-state index in [2.05, 4.69) is 154 Å². The number of rotatable bonds is 48. The van der Waals surface area contributed by atoms with Crippen molar-refractivity contribution in [2.45, 2.75) is 285 Å². The molecule has 2 amide bonds. The number of nitrogens with zero attached hydrogens (tertiary/aromatic N) is 2. The third kappa shape index (κ3) is 25.2. The maximum absolute atomic E-state index is 14.7. The number of benzene rings is 2. The average Bonchev–Trinajstić information content (AvgIpc) is 2.89. The smallest absolute Gasteiger partial charge is 0.259 e. The van der Waals surface area contributed by atoms with Crippen molar-refractivity contribution in [3.8, 4) is 0 Å². The van der Waals surface area contributed by atoms with Gasteiger partial charge in [0.25, 0.3) is 11.8 Å². The summed E-state index contributed by atoms with van der Waals surface area (Å²) < 4.78 is 2.03. The number of carbonyl (C=O) groups excluding carboxylic acids is 2. The second-order valence-electron chi connectivity index (χ2n) is 25.3. The van der Waals surface area contributed by atoms with E-state index in [1.54, 1.807) is 22.7 Å². The van der Waals surface area contributed by atoms with Gasteiger partial charge in [0, 0.05) is 52.7 Å². The molecule has 84 heavy (non-hydrogen) atoms. The van der Waals surface area contributed by atoms with E-state index in [0.29, 0.717) is 11.8 Å². The van der Waals surface area contributed by atoms with Crippen LogP contribution in [-0.2, 0) is 9.59 Å². The molecule has 4 aromatic rings. The van der Waals surface area contributed by atoms with Gasteiger partial charge in [-0.3, -0.25) is 9.59 Å². The lowest BCUT2D eigenvalue weighted by Crippen LogP contribution is -2.32. The molecule has 464 valence electrons. The van der Waals surface area contributed by atoms with Gasteiger partial charge in [-0.25, -0.2) is 0 Å². The zero-order valence-electron chi connectivity index (χ0n) is 53.2. The Bertz CT molecular complexity index is 2400. The van der Waals surface area contributed by atoms with E-state index in [1.807, 2.05) is 0 Å². The molecule has 0 saturated carbocycles. The lowest BCUT2D eigenvalue weighted by Gasteiger charge is -2.25. The molecular weight excluding hydrogens is 1200 g/mol. The topological polar surface area (TPSA) is 40.6 Å². The number of unbranched alkanes of at least 4 members (excludes halogenated alkanes) is 32. The molecule has 6 rings (SSSR count). The number of fused-ring (bicyclic) bond motifs is 2. The summed E-state index contributed by atoms with van der Waals surface area (Å²) in [4.78, 5) is 38.1. The van der Waals surface area contributed by atoms with Gasteiger partial charge < -0.3 is 9.80 Å². The maximum atomic E-state index is 14.7. The summed E-state index contributed by atoms with van der Waals surface area (Å²) in [6.45, 7) is 10.8. The Balaban J connectivity index is 1.08. The molecule has 0 aliphatic carbocycles. The standard InChI is InChI=1S/C76H112Br2N2O2S2/c1-5-9-13-17-21-25-27-31-35-39-43-61(41-37-33-29-23-19-15-11-7-3)59-79-73-55-63(77)45-53-69(73)71(75(79)81)57-67-51-49-65(83-67)47-48-66-50-52-68(84-66)58-72-70-54-46-64(78)56-74(70)80(76(72)82)60-62(42-38-34-30-24-20-16-12-8-4)44-40-36-32-28-26-22-18-14-10-6-2/h45-58,61-62H,5-44,59-60H2,1-4H3/b48-47+,71-57-,72-58-. The van der Waals surface area contributed by atoms with Crippen molar-refractivity contribution in [2.75, 3.05) is 22.9 Å². The fraction of sp³-hybridized carbons (Fsp3) is 0.632. The first kappa shape index (κ1) is 70.1. The second-order valence-corrected chi connectivity index (χ2v) is 29.4. The fourth-order valence-electron chi connectivity index (χ4n) is 13.0. The van der Waals surface area contributed by atoms with Gasteiger partial charge in [-0.05, 0) is 110 Å². The van der Waals surface area contributed by atoms with Crippen molar-refractivity contribution in [2.24, 2.45) is 11.8 Å². The Morgan fingerprint density at radius 3 is 0.905 bits per heavy atom. The molecule has 0 radical (unpaired) electrons. The van der Waals surface area contributed by atoms with Crippen molar-refractivity contribution in [3.05, 3.63) is 100 Å². The molecule has 8 heteroatoms. The largest absolute Gasteiger partial charge is 0.307 e. The van der Waals surface area contributed by atoms with Crippen LogP contribution >= 0.6 is 54.5 Å². The van der Waals surface area contributed by atoms with Crippen LogP contribution in [0.4, 0.5) is 11.4 Å². The van der Waals surface area contributed by atoms with E-state index in [4.69, 9.17) is 0 Å². The molecule has 2 aliphatic rings. The zero-order valence-corrected chi connectivity index (χ0v) is 58.0. The first-order chi connectivity index (χ1) is 41.2. The summed E-state index contributed by atoms with van der Waals surface area (Å²) in [5.74, 6) is 1.29. The van der Waals surface area contributed by atoms with Crippen molar-refractivity contribution in [3.63, 3.8) is 0 Å². The van der Waals surface area contributed by atoms with Crippen molar-refractivity contribution in [1.82, 2.24) is 0 Å². The van der Waals surface area contributed by atoms with Gasteiger partial charge in [0.15, 0.2) is 0 Å². The molecule has 2 aromatic heterocycles. The van der Waals surface area contributed by atoms with Crippen molar-refractivity contribution < 1.29 is 9.59 Å². The van der Waals surface area contributed by atoms with Gasteiger partial charge in [0.1, 0.15) is 0 Å². The van der Waals surface area contributed by atoms with Crippen LogP contribution in [-0.4, -0.2) is 24.9 Å². The first-order valence-corrected chi connectivity index (χ1v) is 38.0. The number of anilines is 2. The molecule has 2 aliphatic heterocycles. The predicted octanol–water partition coefficient (Wildman–Crippen LogP) is 26.2. The number of hydrogen-bond donors (Lipinski definition) is 0. The summed E-state index contributed by atoms with van der Waals surface area (Å²) in [7, 11) is 0. The van der Waals surface area contributed by atoms with Crippen LogP contribution in [0.15, 0.2) is 69.6 Å². The van der Waals surface area contributed by atoms with Crippen LogP contribution in [0.3, 0.4) is 0 Å². The highest BCUT2D eigenvalue weighted by atomic mass is 79.9. The molecule has 0 N–H and O–H groups in total. The van der Waals surface area contributed by atoms with Crippen LogP contribution in [0.2, 0.25) is 0 Å². The molecule has 4 nitrogen and oxygen atoms in total. The summed E-state index contributed by atoms with van der Waals surface area (Å²) in [6, 6.07) is 21.5. The van der Waals surface area contributed by atoms with Gasteiger partial charge >= 0.3 is 0 Å². The van der Waals surface area contributed by atoms with Crippen LogP contribution in [0.1, 0.15) is 315 Å². The van der Waals surface area contributed by atoms with Crippen LogP contribution < -0.4 is 9.80 Å². The molecular formula is C76H112Br2N2O2S2. The summed E-state index contributed by atoms with van der Waals surface area (Å²) in [6.07, 6.45) is 61.8. The fourth-order valence-corrected chi connectivity index (χ4v) is 15.4. The van der Waals surface area contributed by atoms with E-state index < -0.39 is 0 Å². The summed E-state index contributed by atoms with van der Waals surface area (Å²) in [5, 5.41) is 0. The summed E-state index contributed by atoms with van der Waals surface area (Å²) in [5.41, 5.74) is 5.79. The van der Waals surface area contributed by atoms with Gasteiger partial charge in [0.05, 0.1) is 22.5 Å². The number of halogens is 2. The predicted molar refractivity (Wildman–Crippen MR) is 381 cm³/mol. The Hall–Kier alpha value is -3.04. The normalized spacial score (nSPS) is 15.0. The molecule has 0 bridgehead atoms. The van der Waals surface area contributed by atoms with Gasteiger partial charge in [0.2, 0.25) is 0 Å². The number of amides is 2.